The molecule has 2 heterocycles. The number of nitrogens with zero attached hydrogens (tertiary/aromatic N) is 2. The molecule has 0 saturated heterocycles. The van der Waals surface area contributed by atoms with Crippen LogP contribution in [0.1, 0.15) is 45.6 Å². The van der Waals surface area contributed by atoms with Gasteiger partial charge in [-0.25, -0.2) is 9.18 Å². The average Bonchev–Trinajstić information content (AvgIpc) is 3.38. The molecule has 0 bridgehead atoms. The first-order valence-corrected chi connectivity index (χ1v) is 12.7. The van der Waals surface area contributed by atoms with E-state index >= 15 is 4.39 Å². The third-order valence-corrected chi connectivity index (χ3v) is 7.30. The van der Waals surface area contributed by atoms with Crippen LogP contribution in [0.5, 0.6) is 0 Å². The number of carbonyl (C=O) groups excluding carboxylic acids is 1. The van der Waals surface area contributed by atoms with Crippen LogP contribution in [0.4, 0.5) is 4.39 Å². The van der Waals surface area contributed by atoms with E-state index in [2.05, 4.69) is 5.16 Å². The standard InChI is InChI=1S/C28H24ClFN2O4S/c1-3-36-28(34)26-12-11-25(37-26)18-6-4-17(5-7-18)22(21-10-9-20(29)14-23(21)30)15-24(31-35)19-8-13-27(33)32(2)16-19/h4-14,16,22,35H,3,15H2,1-2H3/b31-24+. The Morgan fingerprint density at radius 3 is 2.54 bits per heavy atom. The Balaban J connectivity index is 1.70. The minimum Gasteiger partial charge on any atom is -0.462 e. The molecule has 4 rings (SSSR count). The van der Waals surface area contributed by atoms with E-state index in [1.807, 2.05) is 30.3 Å². The summed E-state index contributed by atoms with van der Waals surface area (Å²) < 4.78 is 21.5. The predicted molar refractivity (Wildman–Crippen MR) is 144 cm³/mol. The van der Waals surface area contributed by atoms with Crippen LogP contribution in [0.3, 0.4) is 0 Å². The Labute approximate surface area is 222 Å². The van der Waals surface area contributed by atoms with Crippen LogP contribution in [0.15, 0.2) is 82.9 Å². The highest BCUT2D eigenvalue weighted by molar-refractivity contribution is 7.17. The summed E-state index contributed by atoms with van der Waals surface area (Å²) in [5.74, 6) is -1.34. The maximum absolute atomic E-state index is 15.1. The molecule has 0 fully saturated rings. The van der Waals surface area contributed by atoms with Crippen LogP contribution in [-0.2, 0) is 11.8 Å². The van der Waals surface area contributed by atoms with Crippen LogP contribution in [0.2, 0.25) is 5.02 Å². The lowest BCUT2D eigenvalue weighted by Gasteiger charge is -2.20. The van der Waals surface area contributed by atoms with Gasteiger partial charge in [-0.05, 0) is 53.9 Å². The fourth-order valence-electron chi connectivity index (χ4n) is 4.05. The predicted octanol–water partition coefficient (Wildman–Crippen LogP) is 6.48. The summed E-state index contributed by atoms with van der Waals surface area (Å²) in [6, 6.07) is 18.6. The van der Waals surface area contributed by atoms with E-state index in [-0.39, 0.29) is 23.0 Å². The number of oxime groups is 1. The summed E-state index contributed by atoms with van der Waals surface area (Å²) in [7, 11) is 1.60. The van der Waals surface area contributed by atoms with Crippen LogP contribution >= 0.6 is 22.9 Å². The van der Waals surface area contributed by atoms with Crippen molar-refractivity contribution in [3.05, 3.63) is 116 Å². The molecule has 6 nitrogen and oxygen atoms in total. The van der Waals surface area contributed by atoms with E-state index in [9.17, 15) is 14.8 Å². The second kappa shape index (κ2) is 11.5. The molecule has 0 radical (unpaired) electrons. The minimum absolute atomic E-state index is 0.165. The van der Waals surface area contributed by atoms with Gasteiger partial charge in [0.1, 0.15) is 10.7 Å². The van der Waals surface area contributed by atoms with Gasteiger partial charge in [-0.3, -0.25) is 4.79 Å². The van der Waals surface area contributed by atoms with Crippen molar-refractivity contribution < 1.29 is 19.1 Å². The summed E-state index contributed by atoms with van der Waals surface area (Å²) in [6.07, 6.45) is 1.74. The molecular formula is C28H24ClFN2O4S. The van der Waals surface area contributed by atoms with Crippen molar-refractivity contribution in [3.8, 4) is 10.4 Å². The fraction of sp³-hybridized carbons (Fsp3) is 0.179. The van der Waals surface area contributed by atoms with E-state index < -0.39 is 11.7 Å². The zero-order chi connectivity index (χ0) is 26.5. The molecule has 0 aliphatic carbocycles. The summed E-state index contributed by atoms with van der Waals surface area (Å²) in [5, 5.41) is 13.6. The second-order valence-electron chi connectivity index (χ2n) is 8.34. The Morgan fingerprint density at radius 1 is 1.14 bits per heavy atom. The molecule has 0 amide bonds. The Kier molecular flexibility index (Phi) is 8.21. The number of thiophene rings is 1. The number of hydrogen-bond donors (Lipinski definition) is 1. The number of carbonyl (C=O) groups is 1. The lowest BCUT2D eigenvalue weighted by atomic mass is 9.85. The van der Waals surface area contributed by atoms with Crippen molar-refractivity contribution in [1.29, 1.82) is 0 Å². The van der Waals surface area contributed by atoms with Crippen molar-refractivity contribution >= 4 is 34.6 Å². The molecule has 0 aliphatic rings. The molecule has 0 saturated carbocycles. The van der Waals surface area contributed by atoms with Gasteiger partial charge in [-0.2, -0.15) is 0 Å². The highest BCUT2D eigenvalue weighted by Crippen LogP contribution is 2.35. The first-order chi connectivity index (χ1) is 17.8. The molecular weight excluding hydrogens is 515 g/mol. The van der Waals surface area contributed by atoms with Gasteiger partial charge in [0.25, 0.3) is 0 Å². The van der Waals surface area contributed by atoms with Crippen molar-refractivity contribution in [1.82, 2.24) is 4.57 Å². The normalized spacial score (nSPS) is 12.4. The molecule has 2 aromatic carbocycles. The van der Waals surface area contributed by atoms with Crippen LogP contribution in [-0.4, -0.2) is 28.1 Å². The van der Waals surface area contributed by atoms with Crippen LogP contribution in [0.25, 0.3) is 10.4 Å². The van der Waals surface area contributed by atoms with Crippen LogP contribution in [0, 0.1) is 5.82 Å². The quantitative estimate of drug-likeness (QED) is 0.120. The van der Waals surface area contributed by atoms with Gasteiger partial charge >= 0.3 is 5.97 Å². The Morgan fingerprint density at radius 2 is 1.89 bits per heavy atom. The summed E-state index contributed by atoms with van der Waals surface area (Å²) in [5.41, 5.74) is 2.73. The fourth-order valence-corrected chi connectivity index (χ4v) is 5.11. The Bertz CT molecular complexity index is 1510. The van der Waals surface area contributed by atoms with E-state index in [1.165, 1.54) is 28.0 Å². The van der Waals surface area contributed by atoms with Crippen molar-refractivity contribution in [2.24, 2.45) is 12.2 Å². The van der Waals surface area contributed by atoms with Crippen molar-refractivity contribution in [2.75, 3.05) is 6.61 Å². The SMILES string of the molecule is CCOC(=O)c1ccc(-c2ccc(C(C/C(=N\O)c3ccc(=O)n(C)c3)c3ccc(Cl)cc3F)cc2)s1. The molecule has 1 N–H and O–H groups in total. The number of rotatable bonds is 8. The van der Waals surface area contributed by atoms with Gasteiger partial charge in [0.2, 0.25) is 5.56 Å². The van der Waals surface area contributed by atoms with Gasteiger partial charge < -0.3 is 14.5 Å². The highest BCUT2D eigenvalue weighted by atomic mass is 35.5. The van der Waals surface area contributed by atoms with E-state index in [4.69, 9.17) is 16.3 Å². The number of halogens is 2. The average molecular weight is 539 g/mol. The summed E-state index contributed by atoms with van der Waals surface area (Å²) >= 11 is 7.33. The number of pyridine rings is 1. The van der Waals surface area contributed by atoms with Gasteiger partial charge in [-0.1, -0.05) is 47.1 Å². The summed E-state index contributed by atoms with van der Waals surface area (Å²) in [4.78, 5) is 25.3. The van der Waals surface area contributed by atoms with Gasteiger partial charge in [0.05, 0.1) is 12.3 Å². The minimum atomic E-state index is -0.507. The maximum Gasteiger partial charge on any atom is 0.348 e. The number of hydrogen-bond acceptors (Lipinski definition) is 6. The third kappa shape index (κ3) is 5.98. The highest BCUT2D eigenvalue weighted by Gasteiger charge is 2.23. The second-order valence-corrected chi connectivity index (χ2v) is 9.86. The van der Waals surface area contributed by atoms with Crippen molar-refractivity contribution in [3.63, 3.8) is 0 Å². The van der Waals surface area contributed by atoms with Gasteiger partial charge in [0.15, 0.2) is 0 Å². The lowest BCUT2D eigenvalue weighted by molar-refractivity contribution is 0.0532. The van der Waals surface area contributed by atoms with E-state index in [0.29, 0.717) is 28.3 Å². The molecule has 190 valence electrons. The molecule has 0 aliphatic heterocycles. The zero-order valence-electron chi connectivity index (χ0n) is 20.2. The smallest absolute Gasteiger partial charge is 0.348 e. The van der Waals surface area contributed by atoms with Crippen LogP contribution < -0.4 is 5.56 Å². The number of benzene rings is 2. The van der Waals surface area contributed by atoms with Gasteiger partial charge in [0, 0.05) is 47.1 Å². The molecule has 0 spiro atoms. The molecule has 1 atom stereocenters. The monoisotopic (exact) mass is 538 g/mol. The molecule has 37 heavy (non-hydrogen) atoms. The van der Waals surface area contributed by atoms with Gasteiger partial charge in [-0.15, -0.1) is 11.3 Å². The first-order valence-electron chi connectivity index (χ1n) is 11.5. The largest absolute Gasteiger partial charge is 0.462 e. The molecule has 4 aromatic rings. The molecule has 1 unspecified atom stereocenters. The number of ether oxygens (including phenoxy) is 1. The van der Waals surface area contributed by atoms with E-state index in [1.54, 1.807) is 44.4 Å². The number of esters is 1. The first kappa shape index (κ1) is 26.3. The number of aryl methyl sites for hydroxylation is 1. The molecule has 9 heteroatoms. The van der Waals surface area contributed by atoms with E-state index in [0.717, 1.165) is 16.0 Å². The zero-order valence-corrected chi connectivity index (χ0v) is 21.7. The molecule has 2 aromatic heterocycles. The van der Waals surface area contributed by atoms with Crippen molar-refractivity contribution in [2.45, 2.75) is 19.3 Å². The Hall–Kier alpha value is -3.75. The summed E-state index contributed by atoms with van der Waals surface area (Å²) in [6.45, 7) is 2.07. The lowest BCUT2D eigenvalue weighted by Crippen LogP contribution is -2.18. The maximum atomic E-state index is 15.1. The third-order valence-electron chi connectivity index (χ3n) is 5.96. The number of aromatic nitrogens is 1. The topological polar surface area (TPSA) is 80.9 Å².